The van der Waals surface area contributed by atoms with E-state index in [4.69, 9.17) is 18.7 Å². The third kappa shape index (κ3) is 3.94. The average Bonchev–Trinajstić information content (AvgIpc) is 3.46. The number of rotatable bonds is 6. The Bertz CT molecular complexity index is 1220. The summed E-state index contributed by atoms with van der Waals surface area (Å²) in [5.74, 6) is 2.37. The maximum atomic E-state index is 6.09. The quantitative estimate of drug-likeness (QED) is 0.449. The highest BCUT2D eigenvalue weighted by molar-refractivity contribution is 5.59. The van der Waals surface area contributed by atoms with E-state index in [1.54, 1.807) is 7.11 Å². The monoisotopic (exact) mass is 433 g/mol. The molecule has 0 saturated carbocycles. The molecule has 1 atom stereocenters. The number of hydrogen-bond donors (Lipinski definition) is 0. The summed E-state index contributed by atoms with van der Waals surface area (Å²) >= 11 is 0. The van der Waals surface area contributed by atoms with E-state index in [-0.39, 0.29) is 12.2 Å². The molecule has 9 heteroatoms. The molecule has 0 unspecified atom stereocenters. The number of ether oxygens (including phenoxy) is 3. The van der Waals surface area contributed by atoms with Gasteiger partial charge in [-0.05, 0) is 55.8 Å². The van der Waals surface area contributed by atoms with Crippen molar-refractivity contribution in [1.82, 2.24) is 25.1 Å². The molecule has 164 valence electrons. The van der Waals surface area contributed by atoms with E-state index in [9.17, 15) is 0 Å². The van der Waals surface area contributed by atoms with Gasteiger partial charge in [0, 0.05) is 5.56 Å². The van der Waals surface area contributed by atoms with Crippen LogP contribution >= 0.6 is 0 Å². The van der Waals surface area contributed by atoms with E-state index >= 15 is 0 Å². The van der Waals surface area contributed by atoms with E-state index in [1.165, 1.54) is 0 Å². The fraction of sp³-hybridized carbons (Fsp3) is 0.304. The third-order valence-corrected chi connectivity index (χ3v) is 5.18. The minimum Gasteiger partial charge on any atom is -0.497 e. The molecule has 0 aliphatic carbocycles. The van der Waals surface area contributed by atoms with Crippen LogP contribution in [0.5, 0.6) is 11.5 Å². The molecule has 2 aromatic heterocycles. The van der Waals surface area contributed by atoms with Gasteiger partial charge in [-0.1, -0.05) is 22.5 Å². The van der Waals surface area contributed by atoms with E-state index in [0.717, 1.165) is 28.3 Å². The predicted octanol–water partition coefficient (Wildman–Crippen LogP) is 4.06. The van der Waals surface area contributed by atoms with Gasteiger partial charge in [0.15, 0.2) is 5.69 Å². The van der Waals surface area contributed by atoms with Crippen LogP contribution < -0.4 is 9.47 Å². The lowest BCUT2D eigenvalue weighted by molar-refractivity contribution is -0.00127. The molecular weight excluding hydrogens is 410 g/mol. The second-order valence-electron chi connectivity index (χ2n) is 7.76. The van der Waals surface area contributed by atoms with Crippen molar-refractivity contribution in [2.75, 3.05) is 7.11 Å². The second kappa shape index (κ2) is 8.43. The molecular formula is C23H23N5O4. The Labute approximate surface area is 184 Å². The van der Waals surface area contributed by atoms with Crippen molar-refractivity contribution in [2.45, 2.75) is 39.2 Å². The molecule has 0 fully saturated rings. The molecule has 0 amide bonds. The van der Waals surface area contributed by atoms with Gasteiger partial charge in [-0.25, -0.2) is 4.68 Å². The molecule has 9 nitrogen and oxygen atoms in total. The van der Waals surface area contributed by atoms with Crippen molar-refractivity contribution in [3.05, 3.63) is 59.8 Å². The maximum Gasteiger partial charge on any atom is 0.280 e. The Morgan fingerprint density at radius 1 is 1.09 bits per heavy atom. The van der Waals surface area contributed by atoms with Gasteiger partial charge in [-0.15, -0.1) is 5.10 Å². The summed E-state index contributed by atoms with van der Waals surface area (Å²) in [6.07, 6.45) is -0.0278. The lowest BCUT2D eigenvalue weighted by atomic mass is 10.1. The Balaban J connectivity index is 1.35. The summed E-state index contributed by atoms with van der Waals surface area (Å²) < 4.78 is 24.4. The molecule has 3 heterocycles. The van der Waals surface area contributed by atoms with Gasteiger partial charge in [-0.2, -0.15) is 4.98 Å². The van der Waals surface area contributed by atoms with E-state index in [2.05, 4.69) is 20.5 Å². The molecule has 2 aromatic carbocycles. The van der Waals surface area contributed by atoms with E-state index in [1.807, 2.05) is 67.1 Å². The first kappa shape index (κ1) is 20.2. The summed E-state index contributed by atoms with van der Waals surface area (Å²) in [7, 11) is 1.65. The van der Waals surface area contributed by atoms with Crippen molar-refractivity contribution in [3.8, 4) is 34.5 Å². The Morgan fingerprint density at radius 3 is 2.72 bits per heavy atom. The molecule has 0 saturated heterocycles. The summed E-state index contributed by atoms with van der Waals surface area (Å²) in [4.78, 5) is 4.52. The predicted molar refractivity (Wildman–Crippen MR) is 115 cm³/mol. The van der Waals surface area contributed by atoms with Crippen molar-refractivity contribution < 1.29 is 18.7 Å². The molecule has 1 aliphatic rings. The Kier molecular flexibility index (Phi) is 5.32. The molecule has 0 N–H and O–H groups in total. The van der Waals surface area contributed by atoms with E-state index < -0.39 is 0 Å². The van der Waals surface area contributed by atoms with Crippen molar-refractivity contribution in [3.63, 3.8) is 0 Å². The summed E-state index contributed by atoms with van der Waals surface area (Å²) in [6, 6.07) is 15.4. The van der Waals surface area contributed by atoms with Crippen molar-refractivity contribution >= 4 is 0 Å². The fourth-order valence-electron chi connectivity index (χ4n) is 3.61. The summed E-state index contributed by atoms with van der Waals surface area (Å²) in [5.41, 5.74) is 3.19. The van der Waals surface area contributed by atoms with Crippen LogP contribution in [0.1, 0.15) is 31.2 Å². The van der Waals surface area contributed by atoms with E-state index in [0.29, 0.717) is 30.6 Å². The van der Waals surface area contributed by atoms with Crippen LogP contribution in [0.4, 0.5) is 0 Å². The Morgan fingerprint density at radius 2 is 1.94 bits per heavy atom. The van der Waals surface area contributed by atoms with Crippen LogP contribution in [-0.2, 0) is 17.9 Å². The van der Waals surface area contributed by atoms with Gasteiger partial charge >= 0.3 is 0 Å². The molecule has 4 aromatic rings. The number of fused-ring (bicyclic) bond motifs is 1. The number of hydrogen-bond acceptors (Lipinski definition) is 8. The van der Waals surface area contributed by atoms with Crippen LogP contribution in [0, 0.1) is 0 Å². The van der Waals surface area contributed by atoms with Crippen LogP contribution in [0.25, 0.3) is 23.0 Å². The standard InChI is InChI=1S/C23H23N5O4/c1-14(2)31-17-9-7-15(8-10-17)22-24-23(32-26-22)21-19-13-30-20(12-28(19)27-25-21)16-5-4-6-18(11-16)29-3/h4-11,14,20H,12-13H2,1-3H3/t20-/m1/s1. The van der Waals surface area contributed by atoms with Gasteiger partial charge in [-0.3, -0.25) is 0 Å². The zero-order valence-corrected chi connectivity index (χ0v) is 18.1. The topological polar surface area (TPSA) is 97.3 Å². The number of nitrogens with zero attached hydrogens (tertiary/aromatic N) is 5. The van der Waals surface area contributed by atoms with Gasteiger partial charge in [0.2, 0.25) is 5.82 Å². The molecule has 1 aliphatic heterocycles. The maximum absolute atomic E-state index is 6.09. The summed E-state index contributed by atoms with van der Waals surface area (Å²) in [5, 5.41) is 12.7. The Hall–Kier alpha value is -3.72. The lowest BCUT2D eigenvalue weighted by Gasteiger charge is -2.24. The minimum absolute atomic E-state index is 0.114. The third-order valence-electron chi connectivity index (χ3n) is 5.18. The van der Waals surface area contributed by atoms with Gasteiger partial charge in [0.05, 0.1) is 32.1 Å². The number of methoxy groups -OCH3 is 1. The highest BCUT2D eigenvalue weighted by atomic mass is 16.5. The van der Waals surface area contributed by atoms with Gasteiger partial charge in [0.25, 0.3) is 5.89 Å². The molecule has 5 rings (SSSR count). The van der Waals surface area contributed by atoms with Crippen LogP contribution in [-0.4, -0.2) is 38.3 Å². The first-order valence-electron chi connectivity index (χ1n) is 10.4. The van der Waals surface area contributed by atoms with Crippen LogP contribution in [0.2, 0.25) is 0 Å². The normalized spacial score (nSPS) is 15.6. The first-order valence-corrected chi connectivity index (χ1v) is 10.4. The smallest absolute Gasteiger partial charge is 0.280 e. The minimum atomic E-state index is -0.142. The molecule has 32 heavy (non-hydrogen) atoms. The fourth-order valence-corrected chi connectivity index (χ4v) is 3.61. The van der Waals surface area contributed by atoms with Crippen LogP contribution in [0.15, 0.2) is 53.1 Å². The van der Waals surface area contributed by atoms with Crippen molar-refractivity contribution in [1.29, 1.82) is 0 Å². The van der Waals surface area contributed by atoms with Crippen LogP contribution in [0.3, 0.4) is 0 Å². The molecule has 0 bridgehead atoms. The highest BCUT2D eigenvalue weighted by Crippen LogP contribution is 2.32. The van der Waals surface area contributed by atoms with Crippen molar-refractivity contribution in [2.24, 2.45) is 0 Å². The lowest BCUT2D eigenvalue weighted by Crippen LogP contribution is -2.22. The SMILES string of the molecule is COc1cccc([C@H]2Cn3nnc(-c4nc(-c5ccc(OC(C)C)cc5)no4)c3CO2)c1. The largest absolute Gasteiger partial charge is 0.497 e. The molecule has 0 spiro atoms. The average molecular weight is 433 g/mol. The first-order chi connectivity index (χ1) is 15.6. The zero-order chi connectivity index (χ0) is 22.1. The number of aromatic nitrogens is 5. The molecule has 0 radical (unpaired) electrons. The summed E-state index contributed by atoms with van der Waals surface area (Å²) in [6.45, 7) is 4.85. The van der Waals surface area contributed by atoms with Gasteiger partial charge in [0.1, 0.15) is 17.6 Å². The highest BCUT2D eigenvalue weighted by Gasteiger charge is 2.28. The van der Waals surface area contributed by atoms with Gasteiger partial charge < -0.3 is 18.7 Å². The zero-order valence-electron chi connectivity index (χ0n) is 18.1. The number of benzene rings is 2. The second-order valence-corrected chi connectivity index (χ2v) is 7.76.